The number of hydrogen-bond acceptors (Lipinski definition) is 4. The smallest absolute Gasteiger partial charge is 0.257 e. The monoisotopic (exact) mass is 566 g/mol. The molecule has 37 heavy (non-hydrogen) atoms. The zero-order chi connectivity index (χ0) is 27.4. The molecule has 1 fully saturated rings. The minimum Gasteiger partial charge on any atom is -0.612 e. The van der Waals surface area contributed by atoms with E-state index in [1.165, 1.54) is 5.56 Å². The molecule has 3 atom stereocenters. The largest absolute Gasteiger partial charge is 0.612 e. The molecule has 8 heteroatoms. The first-order valence-corrected chi connectivity index (χ1v) is 15.4. The maximum Gasteiger partial charge on any atom is 0.257 e. The van der Waals surface area contributed by atoms with Crippen LogP contribution < -0.4 is 5.11 Å². The number of carbonyl (C=O) groups is 1. The van der Waals surface area contributed by atoms with Gasteiger partial charge in [-0.2, -0.15) is 0 Å². The van der Waals surface area contributed by atoms with Crippen LogP contribution in [0.15, 0.2) is 47.4 Å². The molecule has 5 nitrogen and oxygen atoms in total. The molecular formula is C29H40Cl2N2O3S. The van der Waals surface area contributed by atoms with Crippen molar-refractivity contribution in [1.82, 2.24) is 4.90 Å². The number of rotatable bonds is 9. The zero-order valence-corrected chi connectivity index (χ0v) is 25.0. The Kier molecular flexibility index (Phi) is 10.4. The number of nitrogens with zero attached hydrogens (tertiary/aromatic N) is 2. The molecule has 0 aromatic heterocycles. The van der Waals surface area contributed by atoms with Crippen LogP contribution in [-0.2, 0) is 11.2 Å². The van der Waals surface area contributed by atoms with E-state index in [-0.39, 0.29) is 10.4 Å². The molecular weight excluding hydrogens is 527 g/mol. The Labute approximate surface area is 235 Å². The topological polar surface area (TPSA) is 66.4 Å². The summed E-state index contributed by atoms with van der Waals surface area (Å²) in [6.07, 6.45) is 3.54. The summed E-state index contributed by atoms with van der Waals surface area (Å²) in [6, 6.07) is 13.7. The third kappa shape index (κ3) is 7.03. The molecule has 1 heterocycles. The van der Waals surface area contributed by atoms with Gasteiger partial charge in [0.1, 0.15) is 6.26 Å². The second kappa shape index (κ2) is 12.7. The van der Waals surface area contributed by atoms with Crippen LogP contribution in [0.5, 0.6) is 0 Å². The van der Waals surface area contributed by atoms with Gasteiger partial charge in [-0.3, -0.25) is 4.48 Å². The Hall–Kier alpha value is -1.28. The summed E-state index contributed by atoms with van der Waals surface area (Å²) in [5.41, 5.74) is 1.69. The molecule has 0 spiro atoms. The van der Waals surface area contributed by atoms with Crippen LogP contribution >= 0.6 is 23.2 Å². The zero-order valence-electron chi connectivity index (χ0n) is 22.6. The number of hydrogen-bond donors (Lipinski definition) is 0. The number of carbonyl (C=O) groups excluding carboxylic acids is 1. The van der Waals surface area contributed by atoms with Gasteiger partial charge in [-0.25, -0.2) is 0 Å². The highest BCUT2D eigenvalue weighted by Gasteiger charge is 2.43. The second-order valence-corrected chi connectivity index (χ2v) is 13.3. The van der Waals surface area contributed by atoms with Crippen LogP contribution in [0.3, 0.4) is 0 Å². The number of halogens is 2. The number of piperidine rings is 1. The average Bonchev–Trinajstić information content (AvgIpc) is 2.85. The predicted molar refractivity (Wildman–Crippen MR) is 152 cm³/mol. The maximum atomic E-state index is 12.5. The van der Waals surface area contributed by atoms with E-state index in [0.717, 1.165) is 49.4 Å². The molecule has 0 saturated carbocycles. The third-order valence-corrected chi connectivity index (χ3v) is 9.90. The van der Waals surface area contributed by atoms with Gasteiger partial charge in [-0.1, -0.05) is 47.5 Å². The van der Waals surface area contributed by atoms with Gasteiger partial charge >= 0.3 is 0 Å². The molecule has 1 unspecified atom stereocenters. The summed E-state index contributed by atoms with van der Waals surface area (Å²) in [4.78, 5) is 15.9. The highest BCUT2D eigenvalue weighted by atomic mass is 35.5. The van der Waals surface area contributed by atoms with E-state index in [1.54, 1.807) is 12.3 Å². The first kappa shape index (κ1) is 30.3. The lowest BCUT2D eigenvalue weighted by atomic mass is 9.88. The van der Waals surface area contributed by atoms with Crippen molar-refractivity contribution in [2.45, 2.75) is 69.2 Å². The molecule has 3 rings (SSSR count). The van der Waals surface area contributed by atoms with Gasteiger partial charge in [0.25, 0.3) is 6.09 Å². The van der Waals surface area contributed by atoms with Crippen LogP contribution in [0, 0.1) is 0 Å². The molecule has 1 aliphatic heterocycles. The van der Waals surface area contributed by atoms with E-state index in [1.807, 2.05) is 58.0 Å². The van der Waals surface area contributed by atoms with E-state index in [2.05, 4.69) is 11.0 Å². The Morgan fingerprint density at radius 1 is 1.14 bits per heavy atom. The van der Waals surface area contributed by atoms with E-state index in [9.17, 15) is 14.5 Å². The molecule has 0 N–H and O–H groups in total. The third-order valence-electron chi connectivity index (χ3n) is 8.17. The van der Waals surface area contributed by atoms with Crippen LogP contribution in [-0.4, -0.2) is 64.5 Å². The molecule has 1 saturated heterocycles. The van der Waals surface area contributed by atoms with Gasteiger partial charge in [-0.15, -0.1) is 0 Å². The van der Waals surface area contributed by atoms with Gasteiger partial charge in [0.05, 0.1) is 28.7 Å². The lowest BCUT2D eigenvalue weighted by molar-refractivity contribution is -0.919. The highest BCUT2D eigenvalue weighted by molar-refractivity contribution is 7.90. The van der Waals surface area contributed by atoms with Crippen LogP contribution in [0.25, 0.3) is 0 Å². The normalized spacial score (nSPS) is 18.8. The molecule has 0 aliphatic carbocycles. The van der Waals surface area contributed by atoms with E-state index < -0.39 is 22.8 Å². The van der Waals surface area contributed by atoms with Gasteiger partial charge in [0.2, 0.25) is 0 Å². The fourth-order valence-electron chi connectivity index (χ4n) is 5.75. The summed E-state index contributed by atoms with van der Waals surface area (Å²) in [6.45, 7) is 11.4. The van der Waals surface area contributed by atoms with Crippen molar-refractivity contribution < 1.29 is 18.9 Å². The second-order valence-electron chi connectivity index (χ2n) is 11.2. The Morgan fingerprint density at radius 2 is 1.78 bits per heavy atom. The first-order chi connectivity index (χ1) is 17.4. The fourth-order valence-corrected chi connectivity index (χ4v) is 6.89. The molecule has 0 bridgehead atoms. The van der Waals surface area contributed by atoms with Crippen LogP contribution in [0.1, 0.15) is 69.9 Å². The van der Waals surface area contributed by atoms with Crippen molar-refractivity contribution >= 4 is 40.5 Å². The Bertz CT molecular complexity index is 1070. The summed E-state index contributed by atoms with van der Waals surface area (Å²) >= 11 is 11.6. The summed E-state index contributed by atoms with van der Waals surface area (Å²) in [5, 5.41) is 13.5. The Balaban J connectivity index is 1.76. The quantitative estimate of drug-likeness (QED) is 0.273. The number of amides is 1. The minimum absolute atomic E-state index is 0.0206. The number of benzene rings is 2. The maximum absolute atomic E-state index is 12.5. The van der Waals surface area contributed by atoms with Gasteiger partial charge in [-0.05, 0) is 107 Å². The number of likely N-dealkylation sites (N-methyl/N-ethyl adjacent to an activating group) is 1. The van der Waals surface area contributed by atoms with Crippen molar-refractivity contribution in [3.63, 3.8) is 0 Å². The molecule has 2 aromatic carbocycles. The van der Waals surface area contributed by atoms with Gasteiger partial charge < -0.3 is 19.4 Å². The number of carboxylic acid groups (broad SMARTS) is 1. The molecule has 2 aromatic rings. The number of quaternary nitrogens is 1. The van der Waals surface area contributed by atoms with Gasteiger partial charge in [0.15, 0.2) is 4.90 Å². The predicted octanol–water partition coefficient (Wildman–Crippen LogP) is 6.06. The molecule has 204 valence electrons. The fraction of sp³-hybridized carbons (Fsp3) is 0.552. The molecule has 1 aliphatic rings. The lowest BCUT2D eigenvalue weighted by Crippen LogP contribution is -2.68. The van der Waals surface area contributed by atoms with Crippen LogP contribution in [0.4, 0.5) is 4.79 Å². The van der Waals surface area contributed by atoms with Crippen molar-refractivity contribution in [2.24, 2.45) is 0 Å². The average molecular weight is 568 g/mol. The minimum atomic E-state index is -1.05. The van der Waals surface area contributed by atoms with Crippen molar-refractivity contribution in [1.29, 1.82) is 0 Å². The lowest BCUT2D eigenvalue weighted by Gasteiger charge is -2.49. The summed E-state index contributed by atoms with van der Waals surface area (Å²) in [5.74, 6) is 0.387. The summed E-state index contributed by atoms with van der Waals surface area (Å²) in [7, 11) is 0. The SMILES string of the molecule is CC[N+](C[C@@H](CCN1CCC(c2ccccc2[S@+](C)[O-])CC1)c1ccc(Cl)c(Cl)c1)(C(=O)[O-])C(C)(C)C. The van der Waals surface area contributed by atoms with Gasteiger partial charge in [0, 0.05) is 11.5 Å². The van der Waals surface area contributed by atoms with Crippen molar-refractivity contribution in [2.75, 3.05) is 39.0 Å². The standard InChI is InChI=1S/C29H40Cl2N2O3S/c1-6-33(28(34)35,29(2,3)4)20-23(22-11-12-25(30)26(31)19-22)15-18-32-16-13-21(14-17-32)24-9-7-8-10-27(24)37(5)36/h7-12,19,21,23H,6,13-18,20H2,1-5H3/t23-,33?,37+/m1/s1. The molecule has 1 amide bonds. The van der Waals surface area contributed by atoms with Crippen molar-refractivity contribution in [3.8, 4) is 0 Å². The highest BCUT2D eigenvalue weighted by Crippen LogP contribution is 2.36. The van der Waals surface area contributed by atoms with E-state index in [0.29, 0.717) is 29.1 Å². The number of likely N-dealkylation sites (tertiary alicyclic amines) is 1. The molecule has 0 radical (unpaired) electrons. The van der Waals surface area contributed by atoms with E-state index in [4.69, 9.17) is 23.2 Å². The first-order valence-electron chi connectivity index (χ1n) is 13.1. The van der Waals surface area contributed by atoms with Crippen molar-refractivity contribution in [3.05, 3.63) is 63.6 Å². The van der Waals surface area contributed by atoms with Crippen LogP contribution in [0.2, 0.25) is 10.0 Å². The van der Waals surface area contributed by atoms with E-state index >= 15 is 0 Å². The Morgan fingerprint density at radius 3 is 2.32 bits per heavy atom. The summed E-state index contributed by atoms with van der Waals surface area (Å²) < 4.78 is 12.1.